The van der Waals surface area contributed by atoms with Crippen molar-refractivity contribution in [2.45, 2.75) is 51.1 Å². The number of methoxy groups -OCH3 is 1. The van der Waals surface area contributed by atoms with Crippen molar-refractivity contribution in [3.05, 3.63) is 119 Å². The number of carbonyl (C=O) groups is 2. The third-order valence-electron chi connectivity index (χ3n) is 7.93. The van der Waals surface area contributed by atoms with Gasteiger partial charge >= 0.3 is 5.97 Å². The second-order valence-electron chi connectivity index (χ2n) is 11.9. The Morgan fingerprint density at radius 2 is 1.40 bits per heavy atom. The fourth-order valence-electron chi connectivity index (χ4n) is 5.38. The van der Waals surface area contributed by atoms with E-state index in [1.807, 2.05) is 84.9 Å². The Labute approximate surface area is 260 Å². The van der Waals surface area contributed by atoms with Crippen LogP contribution in [0.5, 0.6) is 11.5 Å². The van der Waals surface area contributed by atoms with E-state index in [4.69, 9.17) is 9.47 Å². The molecule has 0 fully saturated rings. The predicted molar refractivity (Wildman–Crippen MR) is 173 cm³/mol. The van der Waals surface area contributed by atoms with E-state index >= 15 is 0 Å². The summed E-state index contributed by atoms with van der Waals surface area (Å²) in [7, 11) is 1.33. The molecule has 7 heteroatoms. The monoisotopic (exact) mass is 598 g/mol. The van der Waals surface area contributed by atoms with E-state index in [1.165, 1.54) is 12.7 Å². The Bertz CT molecular complexity index is 1560. The minimum atomic E-state index is -1.39. The van der Waals surface area contributed by atoms with Crippen molar-refractivity contribution < 1.29 is 19.1 Å². The topological polar surface area (TPSA) is 76.7 Å². The van der Waals surface area contributed by atoms with Crippen LogP contribution in [-0.2, 0) is 31.7 Å². The summed E-state index contributed by atoms with van der Waals surface area (Å²) in [5.74, 6) is 0.508. The third kappa shape index (κ3) is 6.93. The molecule has 1 amide bonds. The first kappa shape index (κ1) is 31.8. The van der Waals surface area contributed by atoms with Gasteiger partial charge in [0.15, 0.2) is 5.54 Å². The fourth-order valence-corrected chi connectivity index (χ4v) is 5.38. The van der Waals surface area contributed by atoms with Gasteiger partial charge in [0.05, 0.1) is 7.11 Å². The van der Waals surface area contributed by atoms with Gasteiger partial charge in [0.1, 0.15) is 17.5 Å². The minimum Gasteiger partial charge on any atom is -0.467 e. The smallest absolute Gasteiger partial charge is 0.336 e. The number of halogens is 1. The van der Waals surface area contributed by atoms with E-state index in [9.17, 15) is 9.59 Å². The molecule has 224 valence electrons. The molecular formula is C36H39ClN2O4. The van der Waals surface area contributed by atoms with Crippen LogP contribution < -0.4 is 15.4 Å². The van der Waals surface area contributed by atoms with Crippen LogP contribution in [0.15, 0.2) is 97.1 Å². The van der Waals surface area contributed by atoms with Gasteiger partial charge in [-0.3, -0.25) is 4.79 Å². The summed E-state index contributed by atoms with van der Waals surface area (Å²) in [6.07, 6.45) is 0.787. The molecule has 0 aromatic heterocycles. The van der Waals surface area contributed by atoms with Crippen molar-refractivity contribution in [1.29, 1.82) is 0 Å². The molecule has 43 heavy (non-hydrogen) atoms. The van der Waals surface area contributed by atoms with Crippen molar-refractivity contribution in [2.24, 2.45) is 0 Å². The summed E-state index contributed by atoms with van der Waals surface area (Å²) in [4.78, 5) is 27.0. The summed E-state index contributed by atoms with van der Waals surface area (Å²) in [6.45, 7) is 8.85. The van der Waals surface area contributed by atoms with Gasteiger partial charge in [0.25, 0.3) is 0 Å². The number of hydrogen-bond donors (Lipinski definition) is 2. The van der Waals surface area contributed by atoms with Crippen molar-refractivity contribution >= 4 is 24.3 Å². The molecule has 0 saturated carbocycles. The van der Waals surface area contributed by atoms with Gasteiger partial charge in [-0.2, -0.15) is 0 Å². The molecule has 2 unspecified atom stereocenters. The van der Waals surface area contributed by atoms with Crippen LogP contribution in [0.2, 0.25) is 0 Å². The van der Waals surface area contributed by atoms with Gasteiger partial charge in [-0.15, -0.1) is 12.4 Å². The zero-order valence-electron chi connectivity index (χ0n) is 25.3. The Balaban J connectivity index is 0.00000423. The average Bonchev–Trinajstić information content (AvgIpc) is 3.00. The summed E-state index contributed by atoms with van der Waals surface area (Å²) >= 11 is 0. The highest BCUT2D eigenvalue weighted by Gasteiger charge is 2.40. The number of benzene rings is 4. The zero-order valence-corrected chi connectivity index (χ0v) is 26.1. The summed E-state index contributed by atoms with van der Waals surface area (Å²) in [5, 5.41) is 6.34. The Hall–Kier alpha value is -4.13. The van der Waals surface area contributed by atoms with E-state index in [-0.39, 0.29) is 23.7 Å². The lowest BCUT2D eigenvalue weighted by molar-refractivity contribution is -0.151. The zero-order chi connectivity index (χ0) is 29.9. The molecule has 5 rings (SSSR count). The largest absolute Gasteiger partial charge is 0.467 e. The van der Waals surface area contributed by atoms with E-state index in [2.05, 4.69) is 43.5 Å². The Morgan fingerprint density at radius 3 is 2.02 bits per heavy atom. The number of nitrogens with one attached hydrogen (secondary N) is 2. The molecular weight excluding hydrogens is 560 g/mol. The lowest BCUT2D eigenvalue weighted by atomic mass is 9.87. The normalized spacial score (nSPS) is 15.7. The first-order chi connectivity index (χ1) is 20.1. The number of fused-ring (bicyclic) bond motifs is 1. The van der Waals surface area contributed by atoms with Gasteiger partial charge in [-0.05, 0) is 76.4 Å². The predicted octanol–water partition coefficient (Wildman–Crippen LogP) is 7.26. The van der Waals surface area contributed by atoms with Crippen molar-refractivity contribution in [3.8, 4) is 22.6 Å². The molecule has 0 bridgehead atoms. The Kier molecular flexibility index (Phi) is 9.63. The molecule has 0 spiro atoms. The molecule has 4 aromatic rings. The van der Waals surface area contributed by atoms with E-state index in [0.717, 1.165) is 34.4 Å². The number of esters is 1. The lowest BCUT2D eigenvalue weighted by Gasteiger charge is -2.33. The van der Waals surface area contributed by atoms with Crippen LogP contribution in [0.25, 0.3) is 11.1 Å². The van der Waals surface area contributed by atoms with Gasteiger partial charge in [-0.1, -0.05) is 93.6 Å². The SMILES string of the molecule is COC(=O)C(C)(NC(=O)C1NCCc2ccc(Oc3ccc(C(C)(C)C)cc3)cc21)c1ccc(-c2ccccc2)cc1.Cl. The first-order valence-electron chi connectivity index (χ1n) is 14.3. The quantitative estimate of drug-likeness (QED) is 0.219. The van der Waals surface area contributed by atoms with Gasteiger partial charge in [-0.25, -0.2) is 4.79 Å². The van der Waals surface area contributed by atoms with E-state index in [0.29, 0.717) is 17.9 Å². The standard InChI is InChI=1S/C36H38N2O4.ClH/c1-35(2,3)27-16-19-29(20-17-27)42-30-18-13-26-21-22-37-32(31(26)23-30)33(39)38-36(4,34(40)41-5)28-14-11-25(12-15-28)24-9-7-6-8-10-24;/h6-20,23,32,37H,21-22H2,1-5H3,(H,38,39);1H. The number of hydrogen-bond acceptors (Lipinski definition) is 5. The van der Waals surface area contributed by atoms with Crippen LogP contribution >= 0.6 is 12.4 Å². The lowest BCUT2D eigenvalue weighted by Crippen LogP contribution is -2.54. The van der Waals surface area contributed by atoms with Gasteiger partial charge in [0, 0.05) is 6.54 Å². The number of rotatable bonds is 7. The average molecular weight is 599 g/mol. The van der Waals surface area contributed by atoms with Crippen molar-refractivity contribution in [3.63, 3.8) is 0 Å². The molecule has 2 atom stereocenters. The van der Waals surface area contributed by atoms with E-state index < -0.39 is 17.6 Å². The fraction of sp³-hybridized carbons (Fsp3) is 0.278. The molecule has 0 saturated heterocycles. The third-order valence-corrected chi connectivity index (χ3v) is 7.93. The second kappa shape index (κ2) is 13.0. The summed E-state index contributed by atoms with van der Waals surface area (Å²) in [5.41, 5.74) is 4.51. The van der Waals surface area contributed by atoms with E-state index in [1.54, 1.807) is 6.92 Å². The van der Waals surface area contributed by atoms with Crippen LogP contribution in [-0.4, -0.2) is 25.5 Å². The number of amides is 1. The maximum Gasteiger partial charge on any atom is 0.336 e. The second-order valence-corrected chi connectivity index (χ2v) is 11.9. The highest BCUT2D eigenvalue weighted by Crippen LogP contribution is 2.33. The number of ether oxygens (including phenoxy) is 2. The first-order valence-corrected chi connectivity index (χ1v) is 14.3. The minimum absolute atomic E-state index is 0. The maximum atomic E-state index is 13.8. The molecule has 1 aliphatic heterocycles. The van der Waals surface area contributed by atoms with Crippen molar-refractivity contribution in [2.75, 3.05) is 13.7 Å². The van der Waals surface area contributed by atoms with Crippen LogP contribution in [0.3, 0.4) is 0 Å². The molecule has 2 N–H and O–H groups in total. The van der Waals surface area contributed by atoms with Crippen LogP contribution in [0, 0.1) is 0 Å². The maximum absolute atomic E-state index is 13.8. The molecule has 1 aliphatic rings. The molecule has 1 heterocycles. The highest BCUT2D eigenvalue weighted by atomic mass is 35.5. The van der Waals surface area contributed by atoms with Gasteiger partial charge in [0.2, 0.25) is 5.91 Å². The molecule has 4 aromatic carbocycles. The molecule has 0 radical (unpaired) electrons. The van der Waals surface area contributed by atoms with Crippen molar-refractivity contribution in [1.82, 2.24) is 10.6 Å². The van der Waals surface area contributed by atoms with Gasteiger partial charge < -0.3 is 20.1 Å². The number of carbonyl (C=O) groups excluding carboxylic acids is 2. The molecule has 6 nitrogen and oxygen atoms in total. The van der Waals surface area contributed by atoms with Crippen LogP contribution in [0.4, 0.5) is 0 Å². The Morgan fingerprint density at radius 1 is 0.791 bits per heavy atom. The highest BCUT2D eigenvalue weighted by molar-refractivity contribution is 5.92. The summed E-state index contributed by atoms with van der Waals surface area (Å²) < 4.78 is 11.3. The van der Waals surface area contributed by atoms with Crippen LogP contribution in [0.1, 0.15) is 56.0 Å². The molecule has 0 aliphatic carbocycles. The summed E-state index contributed by atoms with van der Waals surface area (Å²) in [6, 6.07) is 30.9.